The molecule has 0 aliphatic heterocycles. The molecule has 1 unspecified atom stereocenters. The molecule has 0 heterocycles. The summed E-state index contributed by atoms with van der Waals surface area (Å²) in [4.78, 5) is 22.4. The number of carboxylic acid groups (broad SMARTS) is 1. The summed E-state index contributed by atoms with van der Waals surface area (Å²) < 4.78 is 24.6. The van der Waals surface area contributed by atoms with Crippen LogP contribution in [0.15, 0.2) is 23.1 Å². The largest absolute Gasteiger partial charge is 0.478 e. The average molecular weight is 334 g/mol. The molecule has 1 aromatic rings. The predicted molar refractivity (Wildman–Crippen MR) is 78.4 cm³/mol. The number of hydrogen-bond donors (Lipinski definition) is 2. The maximum absolute atomic E-state index is 12.3. The molecule has 0 saturated carbocycles. The minimum absolute atomic E-state index is 0.184. The summed E-state index contributed by atoms with van der Waals surface area (Å²) in [7, 11) is -3.92. The Balaban J connectivity index is 3.11. The van der Waals surface area contributed by atoms with Gasteiger partial charge in [-0.15, -0.1) is 0 Å². The molecule has 1 amide bonds. The first kappa shape index (κ1) is 17.5. The van der Waals surface area contributed by atoms with E-state index >= 15 is 0 Å². The third-order valence-electron chi connectivity index (χ3n) is 2.88. The van der Waals surface area contributed by atoms with Crippen molar-refractivity contribution in [2.24, 2.45) is 0 Å². The van der Waals surface area contributed by atoms with Crippen LogP contribution in [0.2, 0.25) is 5.02 Å². The van der Waals surface area contributed by atoms with Gasteiger partial charge in [-0.2, -0.15) is 0 Å². The lowest BCUT2D eigenvalue weighted by molar-refractivity contribution is -0.120. The van der Waals surface area contributed by atoms with E-state index in [1.165, 1.54) is 6.92 Å². The van der Waals surface area contributed by atoms with Crippen molar-refractivity contribution in [3.8, 4) is 0 Å². The fraction of sp³-hybridized carbons (Fsp3) is 0.385. The van der Waals surface area contributed by atoms with Crippen LogP contribution in [0.3, 0.4) is 0 Å². The molecule has 0 radical (unpaired) electrons. The molecule has 6 nitrogen and oxygen atoms in total. The Hall–Kier alpha value is -1.60. The van der Waals surface area contributed by atoms with Gasteiger partial charge in [0.15, 0.2) is 9.84 Å². The molecule has 116 valence electrons. The number of amides is 1. The number of hydrogen-bond acceptors (Lipinski definition) is 4. The zero-order chi connectivity index (χ0) is 16.2. The minimum atomic E-state index is -3.92. The van der Waals surface area contributed by atoms with Crippen molar-refractivity contribution in [3.05, 3.63) is 28.8 Å². The van der Waals surface area contributed by atoms with Gasteiger partial charge in [-0.25, -0.2) is 13.2 Å². The molecule has 0 bridgehead atoms. The topological polar surface area (TPSA) is 101 Å². The molecule has 1 aromatic carbocycles. The molecule has 2 N–H and O–H groups in total. The Morgan fingerprint density at radius 3 is 2.48 bits per heavy atom. The van der Waals surface area contributed by atoms with Crippen molar-refractivity contribution in [1.29, 1.82) is 0 Å². The van der Waals surface area contributed by atoms with Gasteiger partial charge >= 0.3 is 5.97 Å². The van der Waals surface area contributed by atoms with E-state index in [1.54, 1.807) is 0 Å². The zero-order valence-electron chi connectivity index (χ0n) is 11.6. The Labute approximate surface area is 128 Å². The Bertz CT molecular complexity index is 657. The van der Waals surface area contributed by atoms with Crippen LogP contribution in [0.25, 0.3) is 0 Å². The fourth-order valence-electron chi connectivity index (χ4n) is 1.58. The molecular weight excluding hydrogens is 318 g/mol. The summed E-state index contributed by atoms with van der Waals surface area (Å²) >= 11 is 5.75. The second-order valence-electron chi connectivity index (χ2n) is 4.43. The lowest BCUT2D eigenvalue weighted by atomic mass is 10.2. The number of halogens is 1. The van der Waals surface area contributed by atoms with Crippen molar-refractivity contribution in [3.63, 3.8) is 0 Å². The van der Waals surface area contributed by atoms with Crippen molar-refractivity contribution < 1.29 is 23.1 Å². The minimum Gasteiger partial charge on any atom is -0.478 e. The highest BCUT2D eigenvalue weighted by Gasteiger charge is 2.30. The Morgan fingerprint density at radius 1 is 1.38 bits per heavy atom. The summed E-state index contributed by atoms with van der Waals surface area (Å²) in [5.74, 6) is -1.85. The highest BCUT2D eigenvalue weighted by atomic mass is 35.5. The molecule has 1 rings (SSSR count). The summed E-state index contributed by atoms with van der Waals surface area (Å²) in [6, 6.07) is 3.28. The standard InChI is InChI=1S/C13H16ClNO5S/c1-3-6-15-12(16)8(2)21(19,20)9-4-5-10(13(17)18)11(14)7-9/h4-5,7-8H,3,6H2,1-2H3,(H,15,16)(H,17,18). The molecule has 0 aromatic heterocycles. The maximum atomic E-state index is 12.3. The number of carbonyl (C=O) groups is 2. The van der Waals surface area contributed by atoms with E-state index in [2.05, 4.69) is 5.32 Å². The average Bonchev–Trinajstić information content (AvgIpc) is 2.43. The van der Waals surface area contributed by atoms with Crippen LogP contribution in [0.4, 0.5) is 0 Å². The first-order chi connectivity index (χ1) is 9.71. The number of carboxylic acids is 1. The van der Waals surface area contributed by atoms with Gasteiger partial charge < -0.3 is 10.4 Å². The molecule has 0 aliphatic rings. The number of sulfone groups is 1. The van der Waals surface area contributed by atoms with Gasteiger partial charge in [0.1, 0.15) is 5.25 Å². The van der Waals surface area contributed by atoms with Crippen LogP contribution >= 0.6 is 11.6 Å². The summed E-state index contributed by atoms with van der Waals surface area (Å²) in [5, 5.41) is 9.89. The van der Waals surface area contributed by atoms with Crippen molar-refractivity contribution >= 4 is 33.3 Å². The molecule has 0 spiro atoms. The van der Waals surface area contributed by atoms with Gasteiger partial charge in [0.25, 0.3) is 0 Å². The monoisotopic (exact) mass is 333 g/mol. The molecule has 0 saturated heterocycles. The van der Waals surface area contributed by atoms with E-state index in [-0.39, 0.29) is 15.5 Å². The smallest absolute Gasteiger partial charge is 0.337 e. The first-order valence-corrected chi connectivity index (χ1v) is 8.18. The Morgan fingerprint density at radius 2 is 2.00 bits per heavy atom. The lowest BCUT2D eigenvalue weighted by Gasteiger charge is -2.13. The molecular formula is C13H16ClNO5S. The summed E-state index contributed by atoms with van der Waals surface area (Å²) in [6.07, 6.45) is 0.692. The maximum Gasteiger partial charge on any atom is 0.337 e. The quantitative estimate of drug-likeness (QED) is 0.825. The number of benzene rings is 1. The number of rotatable bonds is 6. The van der Waals surface area contributed by atoms with E-state index in [4.69, 9.17) is 16.7 Å². The zero-order valence-corrected chi connectivity index (χ0v) is 13.2. The Kier molecular flexibility index (Phi) is 5.74. The third kappa shape index (κ3) is 3.95. The van der Waals surface area contributed by atoms with Gasteiger partial charge in [0, 0.05) is 6.54 Å². The van der Waals surface area contributed by atoms with Gasteiger partial charge in [0.2, 0.25) is 5.91 Å². The highest BCUT2D eigenvalue weighted by Crippen LogP contribution is 2.23. The highest BCUT2D eigenvalue weighted by molar-refractivity contribution is 7.92. The number of carbonyl (C=O) groups excluding carboxylic acids is 1. The van der Waals surface area contributed by atoms with Crippen molar-refractivity contribution in [1.82, 2.24) is 5.32 Å². The van der Waals surface area contributed by atoms with Crippen molar-refractivity contribution in [2.75, 3.05) is 6.54 Å². The summed E-state index contributed by atoms with van der Waals surface area (Å²) in [5.41, 5.74) is -0.196. The number of nitrogens with one attached hydrogen (secondary N) is 1. The van der Waals surface area contributed by atoms with Crippen LogP contribution in [-0.2, 0) is 14.6 Å². The van der Waals surface area contributed by atoms with Crippen LogP contribution in [0.5, 0.6) is 0 Å². The molecule has 21 heavy (non-hydrogen) atoms. The van der Waals surface area contributed by atoms with E-state index in [0.717, 1.165) is 18.2 Å². The van der Waals surface area contributed by atoms with Gasteiger partial charge in [-0.05, 0) is 31.5 Å². The van der Waals surface area contributed by atoms with E-state index < -0.39 is 27.0 Å². The predicted octanol–water partition coefficient (Wildman–Crippen LogP) is 1.73. The van der Waals surface area contributed by atoms with E-state index in [0.29, 0.717) is 13.0 Å². The second kappa shape index (κ2) is 6.91. The van der Waals surface area contributed by atoms with E-state index in [9.17, 15) is 18.0 Å². The SMILES string of the molecule is CCCNC(=O)C(C)S(=O)(=O)c1ccc(C(=O)O)c(Cl)c1. The summed E-state index contributed by atoms with van der Waals surface area (Å²) in [6.45, 7) is 3.51. The van der Waals surface area contributed by atoms with E-state index in [1.807, 2.05) is 6.92 Å². The molecule has 0 aliphatic carbocycles. The van der Waals surface area contributed by atoms with Crippen LogP contribution in [0, 0.1) is 0 Å². The number of aromatic carboxylic acids is 1. The van der Waals surface area contributed by atoms with Crippen LogP contribution in [-0.4, -0.2) is 37.2 Å². The molecule has 8 heteroatoms. The molecule has 0 fully saturated rings. The first-order valence-electron chi connectivity index (χ1n) is 6.26. The van der Waals surface area contributed by atoms with Gasteiger partial charge in [-0.1, -0.05) is 18.5 Å². The lowest BCUT2D eigenvalue weighted by Crippen LogP contribution is -2.38. The normalized spacial score (nSPS) is 12.7. The van der Waals surface area contributed by atoms with Crippen molar-refractivity contribution in [2.45, 2.75) is 30.4 Å². The third-order valence-corrected chi connectivity index (χ3v) is 5.25. The van der Waals surface area contributed by atoms with Crippen LogP contribution in [0.1, 0.15) is 30.6 Å². The van der Waals surface area contributed by atoms with Crippen LogP contribution < -0.4 is 5.32 Å². The second-order valence-corrected chi connectivity index (χ2v) is 7.10. The molecule has 1 atom stereocenters. The fourth-order valence-corrected chi connectivity index (χ4v) is 3.22. The van der Waals surface area contributed by atoms with Gasteiger partial charge in [0.05, 0.1) is 15.5 Å². The van der Waals surface area contributed by atoms with Gasteiger partial charge in [-0.3, -0.25) is 4.79 Å².